The number of amides is 1. The van der Waals surface area contributed by atoms with Crippen molar-refractivity contribution in [3.63, 3.8) is 0 Å². The van der Waals surface area contributed by atoms with Gasteiger partial charge in [-0.05, 0) is 12.1 Å². The standard InChI is InChI=1S/C16H17ClN4O3/c17-11-3-1-2-4-12(11)24-10-14(22)21-7-8-23-13(9-21)15-16(18)20-6-5-19-15/h1-6,13H,7-10H2,(H2,18,20)/t13-/m0/s1. The molecule has 0 bridgehead atoms. The normalized spacial score (nSPS) is 17.5. The molecule has 1 aliphatic heterocycles. The van der Waals surface area contributed by atoms with Crippen LogP contribution in [0.15, 0.2) is 36.7 Å². The number of rotatable bonds is 4. The third-order valence-electron chi connectivity index (χ3n) is 3.67. The van der Waals surface area contributed by atoms with E-state index in [1.165, 1.54) is 6.20 Å². The van der Waals surface area contributed by atoms with Gasteiger partial charge in [-0.25, -0.2) is 4.98 Å². The molecule has 2 N–H and O–H groups in total. The van der Waals surface area contributed by atoms with Gasteiger partial charge >= 0.3 is 0 Å². The molecule has 1 aromatic heterocycles. The number of aromatic nitrogens is 2. The molecule has 0 radical (unpaired) electrons. The summed E-state index contributed by atoms with van der Waals surface area (Å²) in [5, 5.41) is 0.470. The van der Waals surface area contributed by atoms with Gasteiger partial charge in [0.2, 0.25) is 0 Å². The molecule has 1 amide bonds. The quantitative estimate of drug-likeness (QED) is 0.904. The number of carbonyl (C=O) groups excluding carboxylic acids is 1. The lowest BCUT2D eigenvalue weighted by Crippen LogP contribution is -2.44. The first kappa shape index (κ1) is 16.5. The number of carbonyl (C=O) groups is 1. The summed E-state index contributed by atoms with van der Waals surface area (Å²) < 4.78 is 11.2. The van der Waals surface area contributed by atoms with Crippen LogP contribution < -0.4 is 10.5 Å². The minimum Gasteiger partial charge on any atom is -0.482 e. The first-order valence-corrected chi connectivity index (χ1v) is 7.86. The van der Waals surface area contributed by atoms with E-state index >= 15 is 0 Å². The van der Waals surface area contributed by atoms with Gasteiger partial charge in [-0.3, -0.25) is 9.78 Å². The minimum absolute atomic E-state index is 0.0909. The van der Waals surface area contributed by atoms with Crippen LogP contribution in [0, 0.1) is 0 Å². The molecule has 2 aromatic rings. The van der Waals surface area contributed by atoms with Crippen molar-refractivity contribution in [3.8, 4) is 5.75 Å². The lowest BCUT2D eigenvalue weighted by Gasteiger charge is -2.32. The number of nitrogens with zero attached hydrogens (tertiary/aromatic N) is 3. The molecule has 126 valence electrons. The minimum atomic E-state index is -0.392. The van der Waals surface area contributed by atoms with E-state index in [1.54, 1.807) is 35.4 Å². The summed E-state index contributed by atoms with van der Waals surface area (Å²) in [6.07, 6.45) is 2.68. The summed E-state index contributed by atoms with van der Waals surface area (Å²) in [6.45, 7) is 1.15. The van der Waals surface area contributed by atoms with Crippen LogP contribution in [0.2, 0.25) is 5.02 Å². The highest BCUT2D eigenvalue weighted by Crippen LogP contribution is 2.25. The topological polar surface area (TPSA) is 90.6 Å². The number of nitrogens with two attached hydrogens (primary N) is 1. The molecule has 2 heterocycles. The second-order valence-electron chi connectivity index (χ2n) is 5.25. The largest absolute Gasteiger partial charge is 0.482 e. The molecule has 1 aromatic carbocycles. The monoisotopic (exact) mass is 348 g/mol. The maximum absolute atomic E-state index is 12.4. The van der Waals surface area contributed by atoms with Gasteiger partial charge in [-0.1, -0.05) is 23.7 Å². The summed E-state index contributed by atoms with van der Waals surface area (Å²) in [5.41, 5.74) is 6.37. The van der Waals surface area contributed by atoms with Gasteiger partial charge in [-0.2, -0.15) is 0 Å². The molecule has 7 nitrogen and oxygen atoms in total. The molecule has 1 aliphatic rings. The number of nitrogen functional groups attached to an aromatic ring is 1. The van der Waals surface area contributed by atoms with Crippen molar-refractivity contribution in [1.82, 2.24) is 14.9 Å². The maximum Gasteiger partial charge on any atom is 0.260 e. The van der Waals surface area contributed by atoms with E-state index in [2.05, 4.69) is 9.97 Å². The number of anilines is 1. The van der Waals surface area contributed by atoms with E-state index in [4.69, 9.17) is 26.8 Å². The average Bonchev–Trinajstić information content (AvgIpc) is 2.61. The zero-order chi connectivity index (χ0) is 16.9. The Kier molecular flexibility index (Phi) is 5.12. The summed E-state index contributed by atoms with van der Waals surface area (Å²) in [6, 6.07) is 7.03. The number of hydrogen-bond donors (Lipinski definition) is 1. The smallest absolute Gasteiger partial charge is 0.260 e. The van der Waals surface area contributed by atoms with Crippen molar-refractivity contribution in [2.75, 3.05) is 32.0 Å². The number of benzene rings is 1. The van der Waals surface area contributed by atoms with Crippen LogP contribution in [0.5, 0.6) is 5.75 Å². The third kappa shape index (κ3) is 3.74. The first-order chi connectivity index (χ1) is 11.6. The summed E-state index contributed by atoms with van der Waals surface area (Å²) >= 11 is 6.02. The van der Waals surface area contributed by atoms with Crippen molar-refractivity contribution in [3.05, 3.63) is 47.4 Å². The molecule has 8 heteroatoms. The molecule has 1 saturated heterocycles. The Balaban J connectivity index is 1.61. The van der Waals surface area contributed by atoms with Crippen LogP contribution in [0.1, 0.15) is 11.8 Å². The van der Waals surface area contributed by atoms with Crippen molar-refractivity contribution in [2.24, 2.45) is 0 Å². The highest BCUT2D eigenvalue weighted by molar-refractivity contribution is 6.32. The molecular formula is C16H17ClN4O3. The maximum atomic E-state index is 12.4. The zero-order valence-corrected chi connectivity index (χ0v) is 13.6. The van der Waals surface area contributed by atoms with Gasteiger partial charge in [0.25, 0.3) is 5.91 Å². The SMILES string of the molecule is Nc1nccnc1[C@@H]1CN(C(=O)COc2ccccc2Cl)CCO1. The number of morpholine rings is 1. The van der Waals surface area contributed by atoms with E-state index in [-0.39, 0.29) is 12.5 Å². The van der Waals surface area contributed by atoms with E-state index in [1.807, 2.05) is 0 Å². The first-order valence-electron chi connectivity index (χ1n) is 7.48. The summed E-state index contributed by atoms with van der Waals surface area (Å²) in [4.78, 5) is 22.2. The molecular weight excluding hydrogens is 332 g/mol. The molecule has 1 fully saturated rings. The molecule has 0 saturated carbocycles. The van der Waals surface area contributed by atoms with Gasteiger partial charge in [-0.15, -0.1) is 0 Å². The summed E-state index contributed by atoms with van der Waals surface area (Å²) in [7, 11) is 0. The predicted octanol–water partition coefficient (Wildman–Crippen LogP) is 1.69. The Morgan fingerprint density at radius 2 is 2.17 bits per heavy atom. The van der Waals surface area contributed by atoms with Crippen LogP contribution in [-0.4, -0.2) is 47.1 Å². The van der Waals surface area contributed by atoms with Gasteiger partial charge in [0.15, 0.2) is 6.61 Å². The van der Waals surface area contributed by atoms with E-state index in [9.17, 15) is 4.79 Å². The number of halogens is 1. The Morgan fingerprint density at radius 1 is 1.38 bits per heavy atom. The lowest BCUT2D eigenvalue weighted by molar-refractivity contribution is -0.141. The molecule has 24 heavy (non-hydrogen) atoms. The molecule has 0 unspecified atom stereocenters. The van der Waals surface area contributed by atoms with Gasteiger partial charge in [0.1, 0.15) is 23.4 Å². The van der Waals surface area contributed by atoms with Crippen molar-refractivity contribution < 1.29 is 14.3 Å². The fourth-order valence-corrected chi connectivity index (χ4v) is 2.63. The van der Waals surface area contributed by atoms with Crippen LogP contribution in [-0.2, 0) is 9.53 Å². The van der Waals surface area contributed by atoms with Gasteiger partial charge < -0.3 is 20.1 Å². The fraction of sp³-hybridized carbons (Fsp3) is 0.312. The fourth-order valence-electron chi connectivity index (χ4n) is 2.44. The molecule has 1 atom stereocenters. The summed E-state index contributed by atoms with van der Waals surface area (Å²) in [5.74, 6) is 0.644. The van der Waals surface area contributed by atoms with Crippen molar-refractivity contribution in [1.29, 1.82) is 0 Å². The average molecular weight is 349 g/mol. The molecule has 0 aliphatic carbocycles. The molecule has 3 rings (SSSR count). The third-order valence-corrected chi connectivity index (χ3v) is 3.98. The number of hydrogen-bond acceptors (Lipinski definition) is 6. The van der Waals surface area contributed by atoms with Crippen molar-refractivity contribution >= 4 is 23.3 Å². The van der Waals surface area contributed by atoms with Crippen LogP contribution >= 0.6 is 11.6 Å². The highest BCUT2D eigenvalue weighted by Gasteiger charge is 2.28. The van der Waals surface area contributed by atoms with E-state index in [0.29, 0.717) is 42.0 Å². The van der Waals surface area contributed by atoms with E-state index in [0.717, 1.165) is 0 Å². The number of ether oxygens (including phenoxy) is 2. The Labute approximate surface area is 144 Å². The van der Waals surface area contributed by atoms with Gasteiger partial charge in [0, 0.05) is 18.9 Å². The Morgan fingerprint density at radius 3 is 2.96 bits per heavy atom. The van der Waals surface area contributed by atoms with Crippen LogP contribution in [0.4, 0.5) is 5.82 Å². The van der Waals surface area contributed by atoms with Crippen LogP contribution in [0.3, 0.4) is 0 Å². The van der Waals surface area contributed by atoms with Crippen LogP contribution in [0.25, 0.3) is 0 Å². The second-order valence-corrected chi connectivity index (χ2v) is 5.65. The lowest BCUT2D eigenvalue weighted by atomic mass is 10.2. The number of para-hydroxylation sites is 1. The van der Waals surface area contributed by atoms with Gasteiger partial charge in [0.05, 0.1) is 18.2 Å². The van der Waals surface area contributed by atoms with Crippen molar-refractivity contribution in [2.45, 2.75) is 6.10 Å². The Hall–Kier alpha value is -2.38. The Bertz CT molecular complexity index is 728. The zero-order valence-electron chi connectivity index (χ0n) is 12.9. The predicted molar refractivity (Wildman–Crippen MR) is 88.7 cm³/mol. The van der Waals surface area contributed by atoms with E-state index < -0.39 is 6.10 Å². The molecule has 0 spiro atoms. The second kappa shape index (κ2) is 7.46. The highest BCUT2D eigenvalue weighted by atomic mass is 35.5.